The second kappa shape index (κ2) is 8.32. The Kier molecular flexibility index (Phi) is 6.67. The predicted molar refractivity (Wildman–Crippen MR) is 96.6 cm³/mol. The van der Waals surface area contributed by atoms with Crippen LogP contribution < -0.4 is 0 Å². The van der Waals surface area contributed by atoms with E-state index in [-0.39, 0.29) is 23.8 Å². The molecule has 5 heteroatoms. The Hall–Kier alpha value is -1.10. The zero-order chi connectivity index (χ0) is 17.9. The number of amides is 2. The molecule has 2 aliphatic heterocycles. The first-order chi connectivity index (χ1) is 11.3. The lowest BCUT2D eigenvalue weighted by atomic mass is 9.91. The Bertz CT molecular complexity index is 434. The fraction of sp³-hybridized carbons (Fsp3) is 0.895. The molecular formula is C19H35N3O2. The van der Waals surface area contributed by atoms with E-state index in [4.69, 9.17) is 0 Å². The Morgan fingerprint density at radius 3 is 1.83 bits per heavy atom. The second-order valence-electron chi connectivity index (χ2n) is 8.05. The summed E-state index contributed by atoms with van der Waals surface area (Å²) in [5.74, 6) is 0.832. The van der Waals surface area contributed by atoms with Gasteiger partial charge in [-0.05, 0) is 66.5 Å². The highest BCUT2D eigenvalue weighted by atomic mass is 16.2. The third kappa shape index (κ3) is 4.50. The average molecular weight is 338 g/mol. The maximum absolute atomic E-state index is 12.8. The lowest BCUT2D eigenvalue weighted by Gasteiger charge is -2.38. The van der Waals surface area contributed by atoms with Gasteiger partial charge in [0, 0.05) is 44.1 Å². The highest BCUT2D eigenvalue weighted by molar-refractivity contribution is 5.81. The van der Waals surface area contributed by atoms with E-state index in [1.54, 1.807) is 0 Å². The van der Waals surface area contributed by atoms with Crippen LogP contribution >= 0.6 is 0 Å². The van der Waals surface area contributed by atoms with E-state index in [0.29, 0.717) is 11.9 Å². The minimum absolute atomic E-state index is 0.0873. The van der Waals surface area contributed by atoms with Gasteiger partial charge in [-0.1, -0.05) is 0 Å². The van der Waals surface area contributed by atoms with E-state index in [1.165, 1.54) is 0 Å². The van der Waals surface area contributed by atoms with E-state index < -0.39 is 0 Å². The van der Waals surface area contributed by atoms with Gasteiger partial charge in [-0.15, -0.1) is 0 Å². The smallest absolute Gasteiger partial charge is 0.225 e. The summed E-state index contributed by atoms with van der Waals surface area (Å²) >= 11 is 0. The maximum Gasteiger partial charge on any atom is 0.225 e. The number of likely N-dealkylation sites (tertiary alicyclic amines) is 2. The van der Waals surface area contributed by atoms with Crippen molar-refractivity contribution in [2.24, 2.45) is 11.8 Å². The van der Waals surface area contributed by atoms with Crippen LogP contribution in [0.1, 0.15) is 53.4 Å². The summed E-state index contributed by atoms with van der Waals surface area (Å²) in [7, 11) is 1.88. The van der Waals surface area contributed by atoms with Crippen LogP contribution in [-0.2, 0) is 9.59 Å². The molecule has 0 unspecified atom stereocenters. The van der Waals surface area contributed by atoms with Gasteiger partial charge in [0.2, 0.25) is 11.8 Å². The number of carbonyl (C=O) groups excluding carboxylic acids is 2. The first-order valence-electron chi connectivity index (χ1n) is 9.60. The summed E-state index contributed by atoms with van der Waals surface area (Å²) in [5.41, 5.74) is 0. The zero-order valence-corrected chi connectivity index (χ0v) is 16.1. The molecular weight excluding hydrogens is 302 g/mol. The molecule has 0 bridgehead atoms. The molecule has 0 aromatic rings. The summed E-state index contributed by atoms with van der Waals surface area (Å²) in [5, 5.41) is 0. The molecule has 2 fully saturated rings. The van der Waals surface area contributed by atoms with Gasteiger partial charge in [-0.2, -0.15) is 0 Å². The summed E-state index contributed by atoms with van der Waals surface area (Å²) in [4.78, 5) is 31.5. The van der Waals surface area contributed by atoms with Gasteiger partial charge >= 0.3 is 0 Å². The Morgan fingerprint density at radius 2 is 1.38 bits per heavy atom. The van der Waals surface area contributed by atoms with Gasteiger partial charge in [0.25, 0.3) is 0 Å². The molecule has 5 nitrogen and oxygen atoms in total. The van der Waals surface area contributed by atoms with Crippen molar-refractivity contribution in [1.29, 1.82) is 0 Å². The lowest BCUT2D eigenvalue weighted by Crippen LogP contribution is -2.48. The van der Waals surface area contributed by atoms with Crippen LogP contribution in [0.5, 0.6) is 0 Å². The van der Waals surface area contributed by atoms with E-state index >= 15 is 0 Å². The molecule has 2 rings (SSSR count). The molecule has 0 aromatic heterocycles. The highest BCUT2D eigenvalue weighted by Crippen LogP contribution is 2.25. The molecule has 0 aromatic carbocycles. The summed E-state index contributed by atoms with van der Waals surface area (Å²) in [6.07, 6.45) is 3.58. The van der Waals surface area contributed by atoms with Crippen molar-refractivity contribution >= 4 is 11.8 Å². The number of hydrogen-bond acceptors (Lipinski definition) is 3. The van der Waals surface area contributed by atoms with E-state index in [1.807, 2.05) is 30.7 Å². The van der Waals surface area contributed by atoms with E-state index in [9.17, 15) is 9.59 Å². The van der Waals surface area contributed by atoms with Crippen molar-refractivity contribution in [1.82, 2.24) is 14.7 Å². The van der Waals surface area contributed by atoms with Crippen LogP contribution in [-0.4, -0.2) is 71.8 Å². The van der Waals surface area contributed by atoms with Gasteiger partial charge in [0.1, 0.15) is 0 Å². The summed E-state index contributed by atoms with van der Waals surface area (Å²) in [6.45, 7) is 12.1. The minimum Gasteiger partial charge on any atom is -0.343 e. The Labute approximate surface area is 147 Å². The SMILES string of the molecule is CC(C)N1CCC(C(=O)N2CCC(C(=O)N(C)C(C)C)CC2)CC1. The summed E-state index contributed by atoms with van der Waals surface area (Å²) < 4.78 is 0. The summed E-state index contributed by atoms with van der Waals surface area (Å²) in [6, 6.07) is 0.809. The third-order valence-corrected chi connectivity index (χ3v) is 5.89. The molecule has 0 radical (unpaired) electrons. The van der Waals surface area contributed by atoms with Crippen LogP contribution in [0.4, 0.5) is 0 Å². The van der Waals surface area contributed by atoms with E-state index in [2.05, 4.69) is 18.7 Å². The molecule has 0 saturated carbocycles. The van der Waals surface area contributed by atoms with Gasteiger partial charge in [-0.3, -0.25) is 9.59 Å². The van der Waals surface area contributed by atoms with Gasteiger partial charge < -0.3 is 14.7 Å². The van der Waals surface area contributed by atoms with Crippen molar-refractivity contribution in [3.63, 3.8) is 0 Å². The molecule has 2 amide bonds. The fourth-order valence-corrected chi connectivity index (χ4v) is 3.81. The first kappa shape index (κ1) is 19.2. The van der Waals surface area contributed by atoms with Crippen molar-refractivity contribution in [2.75, 3.05) is 33.2 Å². The minimum atomic E-state index is 0.0873. The van der Waals surface area contributed by atoms with Crippen LogP contribution in [0.15, 0.2) is 0 Å². The van der Waals surface area contributed by atoms with E-state index in [0.717, 1.165) is 51.9 Å². The third-order valence-electron chi connectivity index (χ3n) is 5.89. The monoisotopic (exact) mass is 337 g/mol. The zero-order valence-electron chi connectivity index (χ0n) is 16.1. The quantitative estimate of drug-likeness (QED) is 0.790. The van der Waals surface area contributed by atoms with Crippen molar-refractivity contribution < 1.29 is 9.59 Å². The van der Waals surface area contributed by atoms with Crippen molar-refractivity contribution in [3.05, 3.63) is 0 Å². The Balaban J connectivity index is 1.80. The fourth-order valence-electron chi connectivity index (χ4n) is 3.81. The molecule has 2 saturated heterocycles. The number of rotatable bonds is 4. The normalized spacial score (nSPS) is 21.5. The molecule has 0 spiro atoms. The topological polar surface area (TPSA) is 43.9 Å². The molecule has 2 heterocycles. The number of piperidine rings is 2. The number of hydrogen-bond donors (Lipinski definition) is 0. The van der Waals surface area contributed by atoms with Crippen molar-refractivity contribution in [2.45, 2.75) is 65.5 Å². The molecule has 0 aliphatic carbocycles. The molecule has 138 valence electrons. The standard InChI is InChI=1S/C19H35N3O2/c1-14(2)20(5)18(23)16-8-12-22(13-9-16)19(24)17-6-10-21(11-7-17)15(3)4/h14-17H,6-13H2,1-5H3. The molecule has 24 heavy (non-hydrogen) atoms. The largest absolute Gasteiger partial charge is 0.343 e. The maximum atomic E-state index is 12.8. The average Bonchev–Trinajstić information content (AvgIpc) is 2.60. The molecule has 0 N–H and O–H groups in total. The predicted octanol–water partition coefficient (Wildman–Crippen LogP) is 2.21. The van der Waals surface area contributed by atoms with Gasteiger partial charge in [0.05, 0.1) is 0 Å². The van der Waals surface area contributed by atoms with Gasteiger partial charge in [-0.25, -0.2) is 0 Å². The van der Waals surface area contributed by atoms with Crippen LogP contribution in [0.25, 0.3) is 0 Å². The Morgan fingerprint density at radius 1 is 0.875 bits per heavy atom. The first-order valence-corrected chi connectivity index (χ1v) is 9.60. The molecule has 0 atom stereocenters. The van der Waals surface area contributed by atoms with Gasteiger partial charge in [0.15, 0.2) is 0 Å². The lowest BCUT2D eigenvalue weighted by molar-refractivity contribution is -0.143. The number of carbonyl (C=O) groups is 2. The highest BCUT2D eigenvalue weighted by Gasteiger charge is 2.33. The van der Waals surface area contributed by atoms with Crippen molar-refractivity contribution in [3.8, 4) is 0 Å². The van der Waals surface area contributed by atoms with Crippen LogP contribution in [0.3, 0.4) is 0 Å². The number of nitrogens with zero attached hydrogens (tertiary/aromatic N) is 3. The van der Waals surface area contributed by atoms with Crippen LogP contribution in [0.2, 0.25) is 0 Å². The van der Waals surface area contributed by atoms with Crippen LogP contribution in [0, 0.1) is 11.8 Å². The second-order valence-corrected chi connectivity index (χ2v) is 8.05. The molecule has 2 aliphatic rings.